The van der Waals surface area contributed by atoms with Gasteiger partial charge in [0.2, 0.25) is 9.84 Å². The van der Waals surface area contributed by atoms with Gasteiger partial charge < -0.3 is 5.32 Å². The molecule has 160 valence electrons. The number of allylic oxidation sites excluding steroid dienone is 2. The Morgan fingerprint density at radius 3 is 2.47 bits per heavy atom. The molecule has 0 bridgehead atoms. The molecule has 0 saturated carbocycles. The molecule has 2 aromatic rings. The summed E-state index contributed by atoms with van der Waals surface area (Å²) in [6.45, 7) is 3.61. The first kappa shape index (κ1) is 22.9. The largest absolute Gasteiger partial charge is 0.316 e. The first-order chi connectivity index (χ1) is 15.3. The Labute approximate surface area is 190 Å². The van der Waals surface area contributed by atoms with Crippen LogP contribution in [-0.2, 0) is 19.4 Å². The van der Waals surface area contributed by atoms with Gasteiger partial charge in [-0.05, 0) is 41.8 Å². The van der Waals surface area contributed by atoms with Gasteiger partial charge in [-0.3, -0.25) is 9.59 Å². The summed E-state index contributed by atoms with van der Waals surface area (Å²) in [5.74, 6) is -1.59. The van der Waals surface area contributed by atoms with Crippen molar-refractivity contribution in [2.45, 2.75) is 11.4 Å². The quantitative estimate of drug-likeness (QED) is 0.230. The van der Waals surface area contributed by atoms with Crippen molar-refractivity contribution in [3.8, 4) is 6.07 Å². The number of pyridine rings is 1. The maximum absolute atomic E-state index is 12.7. The van der Waals surface area contributed by atoms with Gasteiger partial charge in [0, 0.05) is 6.20 Å². The molecule has 1 atom stereocenters. The lowest BCUT2D eigenvalue weighted by molar-refractivity contribution is -0.124. The van der Waals surface area contributed by atoms with Crippen LogP contribution < -0.4 is 5.32 Å². The summed E-state index contributed by atoms with van der Waals surface area (Å²) in [5, 5.41) is 11.7. The lowest BCUT2D eigenvalue weighted by atomic mass is 9.89. The molecular formula is C23H17N3O4S2. The van der Waals surface area contributed by atoms with Crippen molar-refractivity contribution in [3.05, 3.63) is 82.9 Å². The van der Waals surface area contributed by atoms with Gasteiger partial charge in [-0.1, -0.05) is 48.6 Å². The molecule has 2 heterocycles. The van der Waals surface area contributed by atoms with Crippen LogP contribution in [0, 0.1) is 17.2 Å². The van der Waals surface area contributed by atoms with Crippen molar-refractivity contribution < 1.29 is 18.0 Å². The van der Waals surface area contributed by atoms with Gasteiger partial charge in [0.1, 0.15) is 6.07 Å². The molecule has 1 saturated heterocycles. The molecule has 1 aliphatic heterocycles. The Morgan fingerprint density at radius 1 is 1.19 bits per heavy atom. The molecule has 1 aromatic carbocycles. The van der Waals surface area contributed by atoms with Crippen molar-refractivity contribution in [2.75, 3.05) is 0 Å². The number of ketones is 1. The molecule has 1 amide bonds. The zero-order chi connectivity index (χ0) is 23.3. The zero-order valence-electron chi connectivity index (χ0n) is 16.7. The Morgan fingerprint density at radius 2 is 1.88 bits per heavy atom. The maximum atomic E-state index is 12.7. The van der Waals surface area contributed by atoms with Crippen LogP contribution in [0.4, 0.5) is 0 Å². The first-order valence-corrected chi connectivity index (χ1v) is 11.3. The van der Waals surface area contributed by atoms with E-state index in [0.29, 0.717) is 17.5 Å². The second-order valence-electron chi connectivity index (χ2n) is 6.78. The fourth-order valence-corrected chi connectivity index (χ4v) is 4.39. The Kier molecular flexibility index (Phi) is 6.88. The molecule has 3 rings (SSSR count). The van der Waals surface area contributed by atoms with E-state index in [1.165, 1.54) is 30.5 Å². The number of nitrogens with one attached hydrogen (secondary N) is 1. The summed E-state index contributed by atoms with van der Waals surface area (Å²) in [6, 6.07) is 12.5. The molecule has 1 N–H and O–H groups in total. The zero-order valence-corrected chi connectivity index (χ0v) is 18.3. The molecule has 0 spiro atoms. The van der Waals surface area contributed by atoms with E-state index in [9.17, 15) is 23.3 Å². The van der Waals surface area contributed by atoms with Crippen LogP contribution in [0.15, 0.2) is 76.8 Å². The van der Waals surface area contributed by atoms with Crippen molar-refractivity contribution in [3.63, 3.8) is 0 Å². The summed E-state index contributed by atoms with van der Waals surface area (Å²) in [7, 11) is -4.05. The predicted octanol–water partition coefficient (Wildman–Crippen LogP) is 3.02. The molecule has 1 fully saturated rings. The smallest absolute Gasteiger partial charge is 0.259 e. The fourth-order valence-electron chi connectivity index (χ4n) is 3.00. The number of nitrogens with zero attached hydrogens (tertiary/aromatic N) is 2. The van der Waals surface area contributed by atoms with Gasteiger partial charge in [-0.2, -0.15) is 5.26 Å². The van der Waals surface area contributed by atoms with E-state index in [1.807, 2.05) is 0 Å². The lowest BCUT2D eigenvalue weighted by Gasteiger charge is -2.23. The number of nitriles is 1. The third-order valence-corrected chi connectivity index (χ3v) is 6.61. The van der Waals surface area contributed by atoms with E-state index in [1.54, 1.807) is 42.5 Å². The Hall–Kier alpha value is -3.74. The molecule has 32 heavy (non-hydrogen) atoms. The molecule has 0 aliphatic carbocycles. The number of thiocarbonyl (C=S) groups is 1. The SMILES string of the molecule is C=CCC1C(=O)C(=Cc2ccc(C=C(C#N)S(=O)(=O)c3ccccn3)cc2)C(=O)NC1=S. The van der Waals surface area contributed by atoms with Gasteiger partial charge in [0.25, 0.3) is 5.91 Å². The van der Waals surface area contributed by atoms with Crippen LogP contribution in [0.1, 0.15) is 17.5 Å². The monoisotopic (exact) mass is 463 g/mol. The number of hydrogen-bond acceptors (Lipinski definition) is 7. The fraction of sp³-hybridized carbons (Fsp3) is 0.0870. The highest BCUT2D eigenvalue weighted by molar-refractivity contribution is 7.95. The van der Waals surface area contributed by atoms with Crippen molar-refractivity contribution in [2.24, 2.45) is 5.92 Å². The molecule has 0 radical (unpaired) electrons. The Balaban J connectivity index is 1.90. The van der Waals surface area contributed by atoms with E-state index >= 15 is 0 Å². The average Bonchev–Trinajstić information content (AvgIpc) is 2.79. The third kappa shape index (κ3) is 4.77. The average molecular weight is 464 g/mol. The standard InChI is InChI=1S/C23H17N3O4S2/c1-2-5-18-21(27)19(22(28)26-23(18)31)13-16-9-7-15(8-10-16)12-17(14-24)32(29,30)20-6-3-4-11-25-20/h2-4,6-13,18H,1,5H2,(H,26,28,31). The number of aromatic nitrogens is 1. The minimum atomic E-state index is -4.05. The molecule has 7 nitrogen and oxygen atoms in total. The topological polar surface area (TPSA) is 117 Å². The highest BCUT2D eigenvalue weighted by Gasteiger charge is 2.35. The molecule has 1 unspecified atom stereocenters. The highest BCUT2D eigenvalue weighted by Crippen LogP contribution is 2.22. The van der Waals surface area contributed by atoms with Gasteiger partial charge in [-0.25, -0.2) is 13.4 Å². The molecule has 1 aromatic heterocycles. The van der Waals surface area contributed by atoms with Crippen LogP contribution in [0.5, 0.6) is 0 Å². The summed E-state index contributed by atoms with van der Waals surface area (Å²) < 4.78 is 25.2. The van der Waals surface area contributed by atoms with E-state index in [4.69, 9.17) is 12.2 Å². The number of benzene rings is 1. The highest BCUT2D eigenvalue weighted by atomic mass is 32.2. The van der Waals surface area contributed by atoms with Crippen LogP contribution >= 0.6 is 12.2 Å². The minimum Gasteiger partial charge on any atom is -0.316 e. The van der Waals surface area contributed by atoms with Crippen molar-refractivity contribution in [1.82, 2.24) is 10.3 Å². The number of hydrogen-bond donors (Lipinski definition) is 1. The van der Waals surface area contributed by atoms with Crippen LogP contribution in [0.2, 0.25) is 0 Å². The number of carbonyl (C=O) groups excluding carboxylic acids is 2. The third-order valence-electron chi connectivity index (χ3n) is 4.64. The van der Waals surface area contributed by atoms with Gasteiger partial charge in [0.15, 0.2) is 15.7 Å². The summed E-state index contributed by atoms with van der Waals surface area (Å²) in [4.78, 5) is 28.4. The van der Waals surface area contributed by atoms with Crippen LogP contribution in [0.3, 0.4) is 0 Å². The van der Waals surface area contributed by atoms with E-state index in [0.717, 1.165) is 0 Å². The van der Waals surface area contributed by atoms with Crippen molar-refractivity contribution in [1.29, 1.82) is 5.26 Å². The Bertz CT molecular complexity index is 1300. The van der Waals surface area contributed by atoms with Crippen LogP contribution in [-0.4, -0.2) is 30.1 Å². The number of sulfone groups is 1. The maximum Gasteiger partial charge on any atom is 0.259 e. The van der Waals surface area contributed by atoms with Gasteiger partial charge >= 0.3 is 0 Å². The number of Topliss-reactive ketones (excluding diaryl/α,β-unsaturated/α-hetero) is 1. The minimum absolute atomic E-state index is 0.0239. The summed E-state index contributed by atoms with van der Waals surface area (Å²) in [5.41, 5.74) is 0.981. The predicted molar refractivity (Wildman–Crippen MR) is 123 cm³/mol. The first-order valence-electron chi connectivity index (χ1n) is 9.38. The van der Waals surface area contributed by atoms with Gasteiger partial charge in [0.05, 0.1) is 16.5 Å². The van der Waals surface area contributed by atoms with Gasteiger partial charge in [-0.15, -0.1) is 6.58 Å². The van der Waals surface area contributed by atoms with E-state index < -0.39 is 26.6 Å². The number of piperidine rings is 1. The van der Waals surface area contributed by atoms with Crippen LogP contribution in [0.25, 0.3) is 12.2 Å². The summed E-state index contributed by atoms with van der Waals surface area (Å²) in [6.07, 6.45) is 5.90. The molecule has 1 aliphatic rings. The van der Waals surface area contributed by atoms with E-state index in [2.05, 4.69) is 16.9 Å². The normalized spacial score (nSPS) is 18.2. The number of carbonyl (C=O) groups is 2. The number of amides is 1. The summed E-state index contributed by atoms with van der Waals surface area (Å²) >= 11 is 5.08. The second-order valence-corrected chi connectivity index (χ2v) is 9.08. The lowest BCUT2D eigenvalue weighted by Crippen LogP contribution is -2.46. The van der Waals surface area contributed by atoms with Crippen molar-refractivity contribution >= 4 is 50.9 Å². The molecule has 9 heteroatoms. The number of rotatable bonds is 6. The second kappa shape index (κ2) is 9.60. The van der Waals surface area contributed by atoms with E-state index in [-0.39, 0.29) is 21.4 Å². The molecular weight excluding hydrogens is 446 g/mol.